The second-order valence-electron chi connectivity index (χ2n) is 6.76. The normalized spacial score (nSPS) is 16.0. The fourth-order valence-electron chi connectivity index (χ4n) is 3.32. The molecule has 0 bridgehead atoms. The molecule has 10 heteroatoms. The van der Waals surface area contributed by atoms with Gasteiger partial charge in [-0.15, -0.1) is 0 Å². The first-order valence-corrected chi connectivity index (χ1v) is 9.56. The van der Waals surface area contributed by atoms with Crippen molar-refractivity contribution in [3.63, 3.8) is 0 Å². The molecule has 29 heavy (non-hydrogen) atoms. The predicted octanol–water partition coefficient (Wildman–Crippen LogP) is 4.04. The van der Waals surface area contributed by atoms with Crippen LogP contribution in [0.2, 0.25) is 10.0 Å². The Balaban J connectivity index is 1.79. The van der Waals surface area contributed by atoms with Crippen LogP contribution < -0.4 is 11.1 Å². The summed E-state index contributed by atoms with van der Waals surface area (Å²) in [5.74, 6) is -0.722. The van der Waals surface area contributed by atoms with E-state index in [-0.39, 0.29) is 33.2 Å². The van der Waals surface area contributed by atoms with Gasteiger partial charge in [0, 0.05) is 29.4 Å². The molecular formula is C19H18Cl2N4O4. The fraction of sp³-hybridized carbons (Fsp3) is 0.263. The average Bonchev–Trinajstić information content (AvgIpc) is 3.15. The number of likely N-dealkylation sites (tertiary alicyclic amines) is 1. The summed E-state index contributed by atoms with van der Waals surface area (Å²) < 4.78 is 0. The number of hydrogen-bond acceptors (Lipinski definition) is 5. The third kappa shape index (κ3) is 4.28. The highest BCUT2D eigenvalue weighted by Crippen LogP contribution is 2.32. The molecule has 3 N–H and O–H groups in total. The molecule has 0 radical (unpaired) electrons. The Hall–Kier alpha value is -2.84. The molecule has 2 amide bonds. The Labute approximate surface area is 176 Å². The minimum atomic E-state index is -0.673. The van der Waals surface area contributed by atoms with Gasteiger partial charge in [-0.1, -0.05) is 23.2 Å². The van der Waals surface area contributed by atoms with Gasteiger partial charge in [-0.3, -0.25) is 19.7 Å². The number of nitrogens with two attached hydrogens (primary N) is 1. The minimum Gasteiger partial charge on any atom is -0.396 e. The van der Waals surface area contributed by atoms with Crippen molar-refractivity contribution in [1.82, 2.24) is 4.90 Å². The summed E-state index contributed by atoms with van der Waals surface area (Å²) in [7, 11) is 0. The summed E-state index contributed by atoms with van der Waals surface area (Å²) in [5.41, 5.74) is 6.92. The number of nitrogens with one attached hydrogen (secondary N) is 1. The highest BCUT2D eigenvalue weighted by Gasteiger charge is 2.35. The van der Waals surface area contributed by atoms with Crippen molar-refractivity contribution in [2.24, 2.45) is 0 Å². The van der Waals surface area contributed by atoms with Gasteiger partial charge in [0.25, 0.3) is 11.6 Å². The van der Waals surface area contributed by atoms with Crippen LogP contribution >= 0.6 is 23.2 Å². The molecule has 0 aromatic heterocycles. The fourth-order valence-corrected chi connectivity index (χ4v) is 3.81. The summed E-state index contributed by atoms with van der Waals surface area (Å²) in [6.07, 6.45) is 1.17. The highest BCUT2D eigenvalue weighted by atomic mass is 35.5. The lowest BCUT2D eigenvalue weighted by Gasteiger charge is -2.24. The maximum Gasteiger partial charge on any atom is 0.272 e. The van der Waals surface area contributed by atoms with Crippen LogP contribution in [0, 0.1) is 17.0 Å². The third-order valence-corrected chi connectivity index (χ3v) is 5.43. The molecule has 8 nitrogen and oxygen atoms in total. The summed E-state index contributed by atoms with van der Waals surface area (Å²) in [5, 5.41) is 14.1. The van der Waals surface area contributed by atoms with E-state index < -0.39 is 11.0 Å². The van der Waals surface area contributed by atoms with E-state index in [1.54, 1.807) is 6.92 Å². The second kappa shape index (κ2) is 8.26. The zero-order chi connectivity index (χ0) is 21.3. The number of carbonyl (C=O) groups is 2. The molecule has 1 fully saturated rings. The Bertz CT molecular complexity index is 989. The van der Waals surface area contributed by atoms with E-state index in [2.05, 4.69) is 5.32 Å². The predicted molar refractivity (Wildman–Crippen MR) is 111 cm³/mol. The first-order chi connectivity index (χ1) is 13.7. The first-order valence-electron chi connectivity index (χ1n) is 8.80. The number of nitrogen functional groups attached to an aromatic ring is 1. The van der Waals surface area contributed by atoms with Crippen molar-refractivity contribution in [3.05, 3.63) is 61.6 Å². The van der Waals surface area contributed by atoms with E-state index in [4.69, 9.17) is 28.9 Å². The van der Waals surface area contributed by atoms with Crippen LogP contribution in [0.25, 0.3) is 0 Å². The van der Waals surface area contributed by atoms with Crippen LogP contribution in [0.4, 0.5) is 17.1 Å². The van der Waals surface area contributed by atoms with E-state index in [1.165, 1.54) is 35.2 Å². The Morgan fingerprint density at radius 3 is 2.48 bits per heavy atom. The Kier molecular flexibility index (Phi) is 5.95. The topological polar surface area (TPSA) is 119 Å². The van der Waals surface area contributed by atoms with Crippen molar-refractivity contribution >= 4 is 52.1 Å². The molecule has 1 unspecified atom stereocenters. The van der Waals surface area contributed by atoms with Crippen molar-refractivity contribution < 1.29 is 14.5 Å². The molecule has 0 saturated carbocycles. The monoisotopic (exact) mass is 436 g/mol. The Morgan fingerprint density at radius 2 is 1.90 bits per heavy atom. The number of carbonyl (C=O) groups excluding carboxylic acids is 2. The summed E-state index contributed by atoms with van der Waals surface area (Å²) in [6.45, 7) is 1.98. The van der Waals surface area contributed by atoms with Crippen LogP contribution in [0.3, 0.4) is 0 Å². The van der Waals surface area contributed by atoms with Crippen molar-refractivity contribution in [1.29, 1.82) is 0 Å². The zero-order valence-corrected chi connectivity index (χ0v) is 17.0. The van der Waals surface area contributed by atoms with Crippen molar-refractivity contribution in [2.45, 2.75) is 25.8 Å². The maximum absolute atomic E-state index is 12.9. The molecule has 2 aromatic carbocycles. The van der Waals surface area contributed by atoms with E-state index in [9.17, 15) is 19.7 Å². The minimum absolute atomic E-state index is 0.0608. The number of rotatable bonds is 4. The molecule has 0 aliphatic carbocycles. The largest absolute Gasteiger partial charge is 0.396 e. The van der Waals surface area contributed by atoms with Gasteiger partial charge in [0.15, 0.2) is 0 Å². The van der Waals surface area contributed by atoms with Gasteiger partial charge in [0.1, 0.15) is 6.04 Å². The SMILES string of the molecule is Cc1cc(C(=O)N2CCCC2C(=O)Nc2cc(Cl)c(N)c(Cl)c2)ccc1[N+](=O)[O-]. The molecule has 1 saturated heterocycles. The molecule has 3 rings (SSSR count). The average molecular weight is 437 g/mol. The summed E-state index contributed by atoms with van der Waals surface area (Å²) in [4.78, 5) is 37.6. The van der Waals surface area contributed by atoms with E-state index in [0.717, 1.165) is 0 Å². The van der Waals surface area contributed by atoms with E-state index >= 15 is 0 Å². The summed E-state index contributed by atoms with van der Waals surface area (Å²) in [6, 6.07) is 6.47. The molecule has 1 aliphatic rings. The standard InChI is InChI=1S/C19H18Cl2N4O4/c1-10-7-11(4-5-15(10)25(28)29)19(27)24-6-2-3-16(24)18(26)23-12-8-13(20)17(22)14(21)9-12/h4-5,7-9,16H,2-3,6,22H2,1H3,(H,23,26). The molecular weight excluding hydrogens is 419 g/mol. The van der Waals surface area contributed by atoms with Crippen LogP contribution in [-0.4, -0.2) is 34.2 Å². The smallest absolute Gasteiger partial charge is 0.272 e. The molecule has 0 spiro atoms. The van der Waals surface area contributed by atoms with Gasteiger partial charge in [0.2, 0.25) is 5.91 Å². The molecule has 1 heterocycles. The van der Waals surface area contributed by atoms with Crippen molar-refractivity contribution in [3.8, 4) is 0 Å². The Morgan fingerprint density at radius 1 is 1.24 bits per heavy atom. The van der Waals surface area contributed by atoms with E-state index in [0.29, 0.717) is 36.2 Å². The second-order valence-corrected chi connectivity index (χ2v) is 7.57. The molecule has 152 valence electrons. The van der Waals surface area contributed by atoms with Gasteiger partial charge in [-0.05, 0) is 44.0 Å². The number of hydrogen-bond donors (Lipinski definition) is 2. The van der Waals surface area contributed by atoms with Crippen LogP contribution in [-0.2, 0) is 4.79 Å². The van der Waals surface area contributed by atoms with Gasteiger partial charge >= 0.3 is 0 Å². The summed E-state index contributed by atoms with van der Waals surface area (Å²) >= 11 is 12.0. The van der Waals surface area contributed by atoms with Gasteiger partial charge in [-0.25, -0.2) is 0 Å². The van der Waals surface area contributed by atoms with Crippen LogP contribution in [0.1, 0.15) is 28.8 Å². The molecule has 1 aliphatic heterocycles. The number of halogens is 2. The van der Waals surface area contributed by atoms with Gasteiger partial charge in [0.05, 0.1) is 20.7 Å². The number of aryl methyl sites for hydroxylation is 1. The zero-order valence-electron chi connectivity index (χ0n) is 15.4. The molecule has 2 aromatic rings. The number of nitro benzene ring substituents is 1. The van der Waals surface area contributed by atoms with E-state index in [1.807, 2.05) is 0 Å². The van der Waals surface area contributed by atoms with Gasteiger partial charge < -0.3 is 16.0 Å². The third-order valence-electron chi connectivity index (χ3n) is 4.80. The number of anilines is 2. The number of benzene rings is 2. The van der Waals surface area contributed by atoms with Crippen LogP contribution in [0.15, 0.2) is 30.3 Å². The lowest BCUT2D eigenvalue weighted by Crippen LogP contribution is -2.43. The number of nitro groups is 1. The molecule has 1 atom stereocenters. The maximum atomic E-state index is 12.9. The van der Waals surface area contributed by atoms with Crippen molar-refractivity contribution in [2.75, 3.05) is 17.6 Å². The first kappa shape index (κ1) is 20.9. The number of nitrogens with zero attached hydrogens (tertiary/aromatic N) is 2. The quantitative estimate of drug-likeness (QED) is 0.425. The highest BCUT2D eigenvalue weighted by molar-refractivity contribution is 6.39. The number of amides is 2. The lowest BCUT2D eigenvalue weighted by atomic mass is 10.1. The lowest BCUT2D eigenvalue weighted by molar-refractivity contribution is -0.385. The van der Waals surface area contributed by atoms with Gasteiger partial charge in [-0.2, -0.15) is 0 Å². The van der Waals surface area contributed by atoms with Crippen LogP contribution in [0.5, 0.6) is 0 Å².